The van der Waals surface area contributed by atoms with Crippen molar-refractivity contribution in [1.29, 1.82) is 0 Å². The van der Waals surface area contributed by atoms with E-state index in [-0.39, 0.29) is 23.7 Å². The Kier molecular flexibility index (Phi) is 8.44. The third-order valence-corrected chi connectivity index (χ3v) is 4.97. The van der Waals surface area contributed by atoms with E-state index in [1.54, 1.807) is 0 Å². The van der Waals surface area contributed by atoms with Gasteiger partial charge in [0.2, 0.25) is 5.91 Å². The van der Waals surface area contributed by atoms with Crippen molar-refractivity contribution in [1.82, 2.24) is 5.32 Å². The SMILES string of the molecule is Cl.NCCCCCCC(=O)NCC1(c2ccccc2Br)CC1. The largest absolute Gasteiger partial charge is 0.355 e. The van der Waals surface area contributed by atoms with Crippen molar-refractivity contribution in [3.63, 3.8) is 0 Å². The first kappa shape index (κ1) is 19.5. The molecule has 0 radical (unpaired) electrons. The maximum absolute atomic E-state index is 11.9. The normalized spacial score (nSPS) is 15.0. The first-order valence-corrected chi connectivity index (χ1v) is 8.69. The summed E-state index contributed by atoms with van der Waals surface area (Å²) in [5.41, 5.74) is 6.95. The van der Waals surface area contributed by atoms with Crippen molar-refractivity contribution in [2.75, 3.05) is 13.1 Å². The number of rotatable bonds is 9. The van der Waals surface area contributed by atoms with Crippen LogP contribution in [0.4, 0.5) is 0 Å². The molecule has 1 aliphatic carbocycles. The first-order chi connectivity index (χ1) is 10.2. The molecule has 1 saturated carbocycles. The second-order valence-corrected chi connectivity index (χ2v) is 6.84. The number of unbranched alkanes of at least 4 members (excludes halogenated alkanes) is 3. The van der Waals surface area contributed by atoms with Crippen molar-refractivity contribution < 1.29 is 4.79 Å². The Balaban J connectivity index is 0.00000242. The van der Waals surface area contributed by atoms with E-state index in [4.69, 9.17) is 5.73 Å². The maximum Gasteiger partial charge on any atom is 0.220 e. The summed E-state index contributed by atoms with van der Waals surface area (Å²) in [5, 5.41) is 3.12. The number of halogens is 2. The monoisotopic (exact) mass is 388 g/mol. The summed E-state index contributed by atoms with van der Waals surface area (Å²) in [5.74, 6) is 0.182. The fourth-order valence-electron chi connectivity index (χ4n) is 2.72. The molecule has 0 unspecified atom stereocenters. The van der Waals surface area contributed by atoms with E-state index in [0.29, 0.717) is 6.42 Å². The summed E-state index contributed by atoms with van der Waals surface area (Å²) in [6, 6.07) is 8.34. The number of carbonyl (C=O) groups is 1. The molecule has 0 spiro atoms. The van der Waals surface area contributed by atoms with E-state index in [1.165, 1.54) is 5.56 Å². The molecule has 0 saturated heterocycles. The molecule has 1 aliphatic rings. The molecule has 0 heterocycles. The summed E-state index contributed by atoms with van der Waals surface area (Å²) >= 11 is 3.62. The van der Waals surface area contributed by atoms with Crippen LogP contribution in [0.1, 0.15) is 50.5 Å². The minimum absolute atomic E-state index is 0. The van der Waals surface area contributed by atoms with E-state index in [2.05, 4.69) is 39.4 Å². The highest BCUT2D eigenvalue weighted by Crippen LogP contribution is 2.49. The predicted molar refractivity (Wildman–Crippen MR) is 97.5 cm³/mol. The Morgan fingerprint density at radius 1 is 1.18 bits per heavy atom. The summed E-state index contributed by atoms with van der Waals surface area (Å²) < 4.78 is 1.15. The molecule has 0 bridgehead atoms. The Morgan fingerprint density at radius 2 is 1.86 bits per heavy atom. The minimum Gasteiger partial charge on any atom is -0.355 e. The van der Waals surface area contributed by atoms with E-state index >= 15 is 0 Å². The van der Waals surface area contributed by atoms with Gasteiger partial charge in [-0.25, -0.2) is 0 Å². The Bertz CT molecular complexity index is 477. The van der Waals surface area contributed by atoms with Crippen LogP contribution in [0, 0.1) is 0 Å². The molecular weight excluding hydrogens is 364 g/mol. The zero-order valence-electron chi connectivity index (χ0n) is 12.9. The lowest BCUT2D eigenvalue weighted by atomic mass is 9.96. The number of benzene rings is 1. The van der Waals surface area contributed by atoms with Gasteiger partial charge in [0.05, 0.1) is 0 Å². The molecule has 1 aromatic rings. The maximum atomic E-state index is 11.9. The molecular formula is C17H26BrClN2O. The summed E-state index contributed by atoms with van der Waals surface area (Å²) in [4.78, 5) is 11.9. The molecule has 1 fully saturated rings. The van der Waals surface area contributed by atoms with Crippen LogP contribution in [0.2, 0.25) is 0 Å². The lowest BCUT2D eigenvalue weighted by Gasteiger charge is -2.18. The highest BCUT2D eigenvalue weighted by Gasteiger charge is 2.45. The van der Waals surface area contributed by atoms with E-state index in [9.17, 15) is 4.79 Å². The number of nitrogens with two attached hydrogens (primary N) is 1. The van der Waals surface area contributed by atoms with Gasteiger partial charge in [-0.05, 0) is 43.9 Å². The van der Waals surface area contributed by atoms with E-state index < -0.39 is 0 Å². The van der Waals surface area contributed by atoms with Crippen molar-refractivity contribution in [2.24, 2.45) is 5.73 Å². The standard InChI is InChI=1S/C17H25BrN2O.ClH/c18-15-8-5-4-7-14(15)17(10-11-17)13-20-16(21)9-3-1-2-6-12-19;/h4-5,7-8H,1-3,6,9-13,19H2,(H,20,21);1H. The smallest absolute Gasteiger partial charge is 0.220 e. The first-order valence-electron chi connectivity index (χ1n) is 7.90. The molecule has 2 rings (SSSR count). The van der Waals surface area contributed by atoms with Gasteiger partial charge >= 0.3 is 0 Å². The Hall–Kier alpha value is -0.580. The minimum atomic E-state index is 0. The zero-order valence-corrected chi connectivity index (χ0v) is 15.3. The molecule has 22 heavy (non-hydrogen) atoms. The summed E-state index contributed by atoms with van der Waals surface area (Å²) in [6.45, 7) is 1.51. The molecule has 3 nitrogen and oxygen atoms in total. The predicted octanol–water partition coefficient (Wildman–Crippen LogP) is 3.93. The third-order valence-electron chi connectivity index (χ3n) is 4.28. The van der Waals surface area contributed by atoms with Crippen LogP contribution in [-0.4, -0.2) is 19.0 Å². The third kappa shape index (κ3) is 5.56. The van der Waals surface area contributed by atoms with E-state index in [0.717, 1.165) is 56.1 Å². The summed E-state index contributed by atoms with van der Waals surface area (Å²) in [6.07, 6.45) is 7.21. The van der Waals surface area contributed by atoms with Crippen LogP contribution >= 0.6 is 28.3 Å². The zero-order chi connectivity index (χ0) is 15.1. The fourth-order valence-corrected chi connectivity index (χ4v) is 3.43. The number of carbonyl (C=O) groups excluding carboxylic acids is 1. The van der Waals surface area contributed by atoms with Gasteiger partial charge in [-0.3, -0.25) is 4.79 Å². The van der Waals surface area contributed by atoms with Gasteiger partial charge in [0.1, 0.15) is 0 Å². The lowest BCUT2D eigenvalue weighted by Crippen LogP contribution is -2.32. The number of hydrogen-bond donors (Lipinski definition) is 2. The molecule has 124 valence electrons. The lowest BCUT2D eigenvalue weighted by molar-refractivity contribution is -0.121. The van der Waals surface area contributed by atoms with E-state index in [1.807, 2.05) is 6.07 Å². The van der Waals surface area contributed by atoms with Crippen LogP contribution in [0.25, 0.3) is 0 Å². The van der Waals surface area contributed by atoms with Crippen LogP contribution in [0.15, 0.2) is 28.7 Å². The van der Waals surface area contributed by atoms with Gasteiger partial charge in [-0.1, -0.05) is 47.0 Å². The number of amides is 1. The quantitative estimate of drug-likeness (QED) is 0.629. The van der Waals surface area contributed by atoms with Crippen LogP contribution in [0.3, 0.4) is 0 Å². The molecule has 5 heteroatoms. The molecule has 1 amide bonds. The number of nitrogens with one attached hydrogen (secondary N) is 1. The molecule has 0 aromatic heterocycles. The van der Waals surface area contributed by atoms with Gasteiger partial charge in [-0.15, -0.1) is 12.4 Å². The van der Waals surface area contributed by atoms with Crippen molar-refractivity contribution >= 4 is 34.2 Å². The van der Waals surface area contributed by atoms with Crippen molar-refractivity contribution in [3.05, 3.63) is 34.3 Å². The van der Waals surface area contributed by atoms with Crippen LogP contribution < -0.4 is 11.1 Å². The Labute approximate surface area is 148 Å². The average molecular weight is 390 g/mol. The van der Waals surface area contributed by atoms with Crippen LogP contribution in [0.5, 0.6) is 0 Å². The Morgan fingerprint density at radius 3 is 2.50 bits per heavy atom. The number of hydrogen-bond acceptors (Lipinski definition) is 2. The van der Waals surface area contributed by atoms with Gasteiger partial charge in [-0.2, -0.15) is 0 Å². The second-order valence-electron chi connectivity index (χ2n) is 5.99. The second kappa shape index (κ2) is 9.53. The van der Waals surface area contributed by atoms with Crippen molar-refractivity contribution in [3.8, 4) is 0 Å². The molecule has 0 aliphatic heterocycles. The highest BCUT2D eigenvalue weighted by molar-refractivity contribution is 9.10. The van der Waals surface area contributed by atoms with Crippen molar-refractivity contribution in [2.45, 2.75) is 50.4 Å². The highest BCUT2D eigenvalue weighted by atomic mass is 79.9. The summed E-state index contributed by atoms with van der Waals surface area (Å²) in [7, 11) is 0. The molecule has 3 N–H and O–H groups in total. The van der Waals surface area contributed by atoms with Gasteiger partial charge in [0, 0.05) is 22.9 Å². The van der Waals surface area contributed by atoms with Gasteiger partial charge < -0.3 is 11.1 Å². The molecule has 1 aromatic carbocycles. The topological polar surface area (TPSA) is 55.1 Å². The van der Waals surface area contributed by atoms with Gasteiger partial charge in [0.25, 0.3) is 0 Å². The molecule has 0 atom stereocenters. The fraction of sp³-hybridized carbons (Fsp3) is 0.588. The average Bonchev–Trinajstić information content (AvgIpc) is 3.26. The van der Waals surface area contributed by atoms with Gasteiger partial charge in [0.15, 0.2) is 0 Å². The van der Waals surface area contributed by atoms with Crippen LogP contribution in [-0.2, 0) is 10.2 Å².